The summed E-state index contributed by atoms with van der Waals surface area (Å²) in [5, 5.41) is 2.48. The molecule has 0 saturated heterocycles. The second kappa shape index (κ2) is 3.40. The molecule has 1 aromatic rings. The molecule has 0 atom stereocenters. The van der Waals surface area contributed by atoms with Crippen molar-refractivity contribution < 1.29 is 13.6 Å². The van der Waals surface area contributed by atoms with Crippen molar-refractivity contribution in [3.05, 3.63) is 41.5 Å². The fourth-order valence-corrected chi connectivity index (χ4v) is 1.64. The number of amides is 1. The molecule has 1 aliphatic rings. The van der Waals surface area contributed by atoms with Crippen molar-refractivity contribution in [2.75, 3.05) is 0 Å². The second-order valence-electron chi connectivity index (χ2n) is 4.33. The number of hydrogen-bond acceptors (Lipinski definition) is 1. The van der Waals surface area contributed by atoms with E-state index in [1.807, 2.05) is 0 Å². The number of halogens is 2. The van der Waals surface area contributed by atoms with Crippen molar-refractivity contribution in [2.24, 2.45) is 5.41 Å². The Morgan fingerprint density at radius 1 is 1.19 bits per heavy atom. The van der Waals surface area contributed by atoms with Crippen LogP contribution in [0, 0.1) is 17.0 Å². The first-order valence-corrected chi connectivity index (χ1v) is 4.90. The number of carbonyl (C=O) groups excluding carboxylic acids is 1. The van der Waals surface area contributed by atoms with Gasteiger partial charge in [-0.15, -0.1) is 0 Å². The Morgan fingerprint density at radius 2 is 1.75 bits per heavy atom. The highest BCUT2D eigenvalue weighted by molar-refractivity contribution is 5.98. The monoisotopic (exact) mass is 223 g/mol. The summed E-state index contributed by atoms with van der Waals surface area (Å²) in [6.07, 6.45) is 1.54. The molecule has 2 rings (SSSR count). The molecule has 1 heterocycles. The maximum Gasteiger partial charge on any atom is 0.233 e. The van der Waals surface area contributed by atoms with Crippen molar-refractivity contribution in [1.82, 2.24) is 5.32 Å². The summed E-state index contributed by atoms with van der Waals surface area (Å²) >= 11 is 0. The molecule has 0 bridgehead atoms. The minimum absolute atomic E-state index is 0.179. The largest absolute Gasteiger partial charge is 0.325 e. The third-order valence-electron chi connectivity index (χ3n) is 2.57. The van der Waals surface area contributed by atoms with E-state index in [4.69, 9.17) is 0 Å². The number of carbonyl (C=O) groups is 1. The van der Waals surface area contributed by atoms with E-state index < -0.39 is 17.0 Å². The van der Waals surface area contributed by atoms with Crippen LogP contribution in [-0.4, -0.2) is 5.91 Å². The van der Waals surface area contributed by atoms with Crippen LogP contribution in [0.5, 0.6) is 0 Å². The van der Waals surface area contributed by atoms with Gasteiger partial charge >= 0.3 is 0 Å². The first-order chi connectivity index (χ1) is 7.42. The zero-order chi connectivity index (χ0) is 11.9. The van der Waals surface area contributed by atoms with Gasteiger partial charge in [-0.25, -0.2) is 8.78 Å². The van der Waals surface area contributed by atoms with Gasteiger partial charge in [-0.1, -0.05) is 6.07 Å². The molecule has 2 nitrogen and oxygen atoms in total. The van der Waals surface area contributed by atoms with Gasteiger partial charge in [0.1, 0.15) is 11.6 Å². The van der Waals surface area contributed by atoms with Crippen LogP contribution >= 0.6 is 0 Å². The van der Waals surface area contributed by atoms with Crippen molar-refractivity contribution in [1.29, 1.82) is 0 Å². The van der Waals surface area contributed by atoms with Crippen molar-refractivity contribution in [2.45, 2.75) is 13.8 Å². The van der Waals surface area contributed by atoms with Gasteiger partial charge in [-0.3, -0.25) is 4.79 Å². The molecule has 1 N–H and O–H groups in total. The van der Waals surface area contributed by atoms with Gasteiger partial charge in [0.25, 0.3) is 0 Å². The highest BCUT2D eigenvalue weighted by Crippen LogP contribution is 2.31. The quantitative estimate of drug-likeness (QED) is 0.778. The molecule has 1 aromatic carbocycles. The molecule has 0 fully saturated rings. The van der Waals surface area contributed by atoms with Crippen molar-refractivity contribution in [3.8, 4) is 0 Å². The minimum atomic E-state index is -0.732. The average Bonchev–Trinajstić information content (AvgIpc) is 2.40. The molecule has 0 aliphatic carbocycles. The molecule has 4 heteroatoms. The van der Waals surface area contributed by atoms with Crippen molar-refractivity contribution >= 4 is 11.6 Å². The Labute approximate surface area is 92.0 Å². The third kappa shape index (κ3) is 1.60. The Bertz CT molecular complexity index is 472. The van der Waals surface area contributed by atoms with Crippen molar-refractivity contribution in [3.63, 3.8) is 0 Å². The molecule has 16 heavy (non-hydrogen) atoms. The van der Waals surface area contributed by atoms with Crippen LogP contribution in [0.25, 0.3) is 5.70 Å². The Morgan fingerprint density at radius 3 is 2.19 bits per heavy atom. The summed E-state index contributed by atoms with van der Waals surface area (Å²) in [4.78, 5) is 11.5. The zero-order valence-electron chi connectivity index (χ0n) is 8.97. The van der Waals surface area contributed by atoms with E-state index in [1.165, 1.54) is 12.1 Å². The van der Waals surface area contributed by atoms with Gasteiger partial charge in [0, 0.05) is 0 Å². The minimum Gasteiger partial charge on any atom is -0.325 e. The molecule has 1 aliphatic heterocycles. The van der Waals surface area contributed by atoms with Crippen LogP contribution in [0.1, 0.15) is 19.4 Å². The molecule has 0 radical (unpaired) electrons. The first kappa shape index (κ1) is 10.8. The van der Waals surface area contributed by atoms with Crippen LogP contribution in [0.15, 0.2) is 24.3 Å². The van der Waals surface area contributed by atoms with Gasteiger partial charge in [0.15, 0.2) is 0 Å². The van der Waals surface area contributed by atoms with E-state index in [0.29, 0.717) is 0 Å². The van der Waals surface area contributed by atoms with Crippen LogP contribution in [0.3, 0.4) is 0 Å². The number of rotatable bonds is 1. The van der Waals surface area contributed by atoms with Crippen LogP contribution in [-0.2, 0) is 4.79 Å². The van der Waals surface area contributed by atoms with Crippen LogP contribution in [0.2, 0.25) is 0 Å². The third-order valence-corrected chi connectivity index (χ3v) is 2.57. The highest BCUT2D eigenvalue weighted by atomic mass is 19.1. The molecular weight excluding hydrogens is 212 g/mol. The number of hydrogen-bond donors (Lipinski definition) is 1. The maximum absolute atomic E-state index is 13.4. The van der Waals surface area contributed by atoms with Gasteiger partial charge in [-0.05, 0) is 32.1 Å². The van der Waals surface area contributed by atoms with E-state index in [0.717, 1.165) is 12.1 Å². The fourth-order valence-electron chi connectivity index (χ4n) is 1.64. The molecule has 0 saturated carbocycles. The zero-order valence-corrected chi connectivity index (χ0v) is 8.97. The predicted octanol–water partition coefficient (Wildman–Crippen LogP) is 2.46. The maximum atomic E-state index is 13.4. The first-order valence-electron chi connectivity index (χ1n) is 4.90. The molecule has 0 unspecified atom stereocenters. The topological polar surface area (TPSA) is 29.1 Å². The molecule has 0 aromatic heterocycles. The lowest BCUT2D eigenvalue weighted by molar-refractivity contribution is -0.124. The van der Waals surface area contributed by atoms with Crippen LogP contribution in [0.4, 0.5) is 8.78 Å². The standard InChI is InChI=1S/C12H11F2NO/c1-12(2)6-9(15-11(12)16)10-7(13)4-3-5-8(10)14/h3-6H,1-2H3,(H,15,16). The lowest BCUT2D eigenvalue weighted by Crippen LogP contribution is -2.27. The summed E-state index contributed by atoms with van der Waals surface area (Å²) in [6.45, 7) is 3.38. The summed E-state index contributed by atoms with van der Waals surface area (Å²) < 4.78 is 26.9. The lowest BCUT2D eigenvalue weighted by Gasteiger charge is -2.09. The molecule has 1 amide bonds. The average molecular weight is 223 g/mol. The van der Waals surface area contributed by atoms with Gasteiger partial charge in [0.2, 0.25) is 5.91 Å². The van der Waals surface area contributed by atoms with Gasteiger partial charge in [-0.2, -0.15) is 0 Å². The number of benzene rings is 1. The molecule has 84 valence electrons. The summed E-state index contributed by atoms with van der Waals surface area (Å²) in [5.41, 5.74) is -0.712. The van der Waals surface area contributed by atoms with E-state index in [2.05, 4.69) is 5.32 Å². The molecule has 0 spiro atoms. The van der Waals surface area contributed by atoms with E-state index in [1.54, 1.807) is 13.8 Å². The van der Waals surface area contributed by atoms with Gasteiger partial charge < -0.3 is 5.32 Å². The predicted molar refractivity (Wildman–Crippen MR) is 56.3 cm³/mol. The Balaban J connectivity index is 2.52. The normalized spacial score (nSPS) is 18.2. The SMILES string of the molecule is CC1(C)C=C(c2c(F)cccc2F)NC1=O. The van der Waals surface area contributed by atoms with Gasteiger partial charge in [0.05, 0.1) is 16.7 Å². The number of nitrogens with one attached hydrogen (secondary N) is 1. The lowest BCUT2D eigenvalue weighted by atomic mass is 9.94. The Kier molecular flexibility index (Phi) is 2.30. The molecular formula is C12H11F2NO. The summed E-state index contributed by atoms with van der Waals surface area (Å²) in [6, 6.07) is 3.62. The van der Waals surface area contributed by atoms with E-state index >= 15 is 0 Å². The smallest absolute Gasteiger partial charge is 0.233 e. The van der Waals surface area contributed by atoms with Crippen LogP contribution < -0.4 is 5.32 Å². The Hall–Kier alpha value is -1.71. The second-order valence-corrected chi connectivity index (χ2v) is 4.33. The summed E-state index contributed by atoms with van der Waals surface area (Å²) in [5.74, 6) is -1.61. The van der Waals surface area contributed by atoms with E-state index in [-0.39, 0.29) is 17.2 Å². The summed E-state index contributed by atoms with van der Waals surface area (Å²) in [7, 11) is 0. The van der Waals surface area contributed by atoms with E-state index in [9.17, 15) is 13.6 Å². The highest BCUT2D eigenvalue weighted by Gasteiger charge is 2.34. The fraction of sp³-hybridized carbons (Fsp3) is 0.250.